The molecule has 0 bridgehead atoms. The average Bonchev–Trinajstić information content (AvgIpc) is 2.82. The molecule has 1 aromatic heterocycles. The molecule has 94 valence electrons. The van der Waals surface area contributed by atoms with Crippen molar-refractivity contribution in [1.29, 1.82) is 0 Å². The Morgan fingerprint density at radius 1 is 1.24 bits per heavy atom. The molecule has 0 spiro atoms. The van der Waals surface area contributed by atoms with Gasteiger partial charge in [0.25, 0.3) is 0 Å². The lowest BCUT2D eigenvalue weighted by molar-refractivity contribution is 0.108. The van der Waals surface area contributed by atoms with E-state index in [0.717, 1.165) is 0 Å². The number of hydrogen-bond donors (Lipinski definition) is 1. The standard InChI is InChI=1S/C13H22N4/c1-14-12(11-8-15-10-16-9-11)13(17(2)3)6-4-5-7-13/h8-10,12,14H,4-7H2,1-3H3. The molecule has 4 nitrogen and oxygen atoms in total. The molecule has 4 heteroatoms. The normalized spacial score (nSPS) is 20.7. The van der Waals surface area contributed by atoms with Gasteiger partial charge >= 0.3 is 0 Å². The van der Waals surface area contributed by atoms with Crippen LogP contribution in [0.1, 0.15) is 37.3 Å². The van der Waals surface area contributed by atoms with Gasteiger partial charge in [-0.15, -0.1) is 0 Å². The highest BCUT2D eigenvalue weighted by molar-refractivity contribution is 5.18. The van der Waals surface area contributed by atoms with Crippen molar-refractivity contribution < 1.29 is 0 Å². The molecule has 0 amide bonds. The molecule has 2 rings (SSSR count). The van der Waals surface area contributed by atoms with Crippen molar-refractivity contribution in [3.05, 3.63) is 24.3 Å². The number of aromatic nitrogens is 2. The molecular formula is C13H22N4. The summed E-state index contributed by atoms with van der Waals surface area (Å²) < 4.78 is 0. The fourth-order valence-electron chi connectivity index (χ4n) is 3.19. The van der Waals surface area contributed by atoms with Gasteiger partial charge in [0.05, 0.1) is 6.04 Å². The third-order valence-electron chi connectivity index (χ3n) is 4.10. The van der Waals surface area contributed by atoms with Crippen LogP contribution in [0.2, 0.25) is 0 Å². The summed E-state index contributed by atoms with van der Waals surface area (Å²) >= 11 is 0. The lowest BCUT2D eigenvalue weighted by Crippen LogP contribution is -2.51. The van der Waals surface area contributed by atoms with Gasteiger partial charge < -0.3 is 10.2 Å². The SMILES string of the molecule is CNC(c1cncnc1)C1(N(C)C)CCCC1. The van der Waals surface area contributed by atoms with Gasteiger partial charge in [-0.1, -0.05) is 12.8 Å². The van der Waals surface area contributed by atoms with Gasteiger partial charge in [-0.3, -0.25) is 0 Å². The van der Waals surface area contributed by atoms with E-state index in [2.05, 4.69) is 34.3 Å². The van der Waals surface area contributed by atoms with Crippen molar-refractivity contribution >= 4 is 0 Å². The molecule has 0 radical (unpaired) electrons. The van der Waals surface area contributed by atoms with Crippen LogP contribution in [0.15, 0.2) is 18.7 Å². The Morgan fingerprint density at radius 2 is 1.82 bits per heavy atom. The molecule has 0 saturated heterocycles. The Bertz CT molecular complexity index is 344. The van der Waals surface area contributed by atoms with Crippen molar-refractivity contribution in [3.8, 4) is 0 Å². The Hall–Kier alpha value is -1.00. The monoisotopic (exact) mass is 234 g/mol. The second-order valence-electron chi connectivity index (χ2n) is 5.10. The zero-order valence-electron chi connectivity index (χ0n) is 11.0. The second kappa shape index (κ2) is 5.10. The van der Waals surface area contributed by atoms with E-state index in [-0.39, 0.29) is 5.54 Å². The van der Waals surface area contributed by atoms with Gasteiger partial charge in [0.1, 0.15) is 6.33 Å². The van der Waals surface area contributed by atoms with Crippen LogP contribution in [0.3, 0.4) is 0 Å². The summed E-state index contributed by atoms with van der Waals surface area (Å²) in [5.41, 5.74) is 1.39. The van der Waals surface area contributed by atoms with E-state index < -0.39 is 0 Å². The summed E-state index contributed by atoms with van der Waals surface area (Å²) in [6, 6.07) is 0.307. The highest BCUT2D eigenvalue weighted by atomic mass is 15.2. The van der Waals surface area contributed by atoms with Crippen LogP contribution in [-0.4, -0.2) is 41.5 Å². The molecule has 17 heavy (non-hydrogen) atoms. The highest BCUT2D eigenvalue weighted by Crippen LogP contribution is 2.42. The van der Waals surface area contributed by atoms with Crippen LogP contribution in [0, 0.1) is 0 Å². The second-order valence-corrected chi connectivity index (χ2v) is 5.10. The van der Waals surface area contributed by atoms with Crippen LogP contribution in [0.5, 0.6) is 0 Å². The molecule has 1 unspecified atom stereocenters. The van der Waals surface area contributed by atoms with Gasteiger partial charge in [0, 0.05) is 23.5 Å². The minimum atomic E-state index is 0.208. The zero-order valence-corrected chi connectivity index (χ0v) is 11.0. The first-order valence-electron chi connectivity index (χ1n) is 6.30. The number of nitrogens with one attached hydrogen (secondary N) is 1. The number of hydrogen-bond acceptors (Lipinski definition) is 4. The Labute approximate surface area is 103 Å². The third kappa shape index (κ3) is 2.19. The minimum absolute atomic E-state index is 0.208. The van der Waals surface area contributed by atoms with Crippen molar-refractivity contribution in [2.45, 2.75) is 37.3 Å². The topological polar surface area (TPSA) is 41.1 Å². The van der Waals surface area contributed by atoms with Crippen LogP contribution in [-0.2, 0) is 0 Å². The molecule has 1 atom stereocenters. The van der Waals surface area contributed by atoms with E-state index >= 15 is 0 Å². The quantitative estimate of drug-likeness (QED) is 0.859. The highest BCUT2D eigenvalue weighted by Gasteiger charge is 2.43. The predicted molar refractivity (Wildman–Crippen MR) is 68.7 cm³/mol. The van der Waals surface area contributed by atoms with Gasteiger partial charge in [-0.05, 0) is 34.0 Å². The molecule has 0 aliphatic heterocycles. The third-order valence-corrected chi connectivity index (χ3v) is 4.10. The van der Waals surface area contributed by atoms with Gasteiger partial charge in [-0.2, -0.15) is 0 Å². The van der Waals surface area contributed by atoms with Gasteiger partial charge in [0.15, 0.2) is 0 Å². The fraction of sp³-hybridized carbons (Fsp3) is 0.692. The Morgan fingerprint density at radius 3 is 2.29 bits per heavy atom. The van der Waals surface area contributed by atoms with Crippen molar-refractivity contribution in [2.75, 3.05) is 21.1 Å². The van der Waals surface area contributed by atoms with E-state index in [9.17, 15) is 0 Å². The van der Waals surface area contributed by atoms with E-state index in [1.165, 1.54) is 31.2 Å². The molecule has 1 aromatic rings. The van der Waals surface area contributed by atoms with Gasteiger partial charge in [-0.25, -0.2) is 9.97 Å². The maximum Gasteiger partial charge on any atom is 0.115 e. The first kappa shape index (κ1) is 12.5. The lowest BCUT2D eigenvalue weighted by atomic mass is 9.83. The number of rotatable bonds is 4. The molecule has 0 aromatic carbocycles. The Kier molecular flexibility index (Phi) is 3.74. The molecule has 1 aliphatic carbocycles. The molecule has 1 saturated carbocycles. The van der Waals surface area contributed by atoms with E-state index in [4.69, 9.17) is 0 Å². The molecule has 1 N–H and O–H groups in total. The molecule has 1 fully saturated rings. The summed E-state index contributed by atoms with van der Waals surface area (Å²) in [4.78, 5) is 10.7. The molecule has 1 heterocycles. The summed E-state index contributed by atoms with van der Waals surface area (Å²) in [7, 11) is 6.39. The van der Waals surface area contributed by atoms with Crippen molar-refractivity contribution in [2.24, 2.45) is 0 Å². The minimum Gasteiger partial charge on any atom is -0.311 e. The summed E-state index contributed by atoms with van der Waals surface area (Å²) in [6.45, 7) is 0. The Balaban J connectivity index is 2.33. The smallest absolute Gasteiger partial charge is 0.115 e. The maximum atomic E-state index is 4.15. The molecular weight excluding hydrogens is 212 g/mol. The largest absolute Gasteiger partial charge is 0.311 e. The first-order chi connectivity index (χ1) is 8.20. The lowest BCUT2D eigenvalue weighted by Gasteiger charge is -2.43. The van der Waals surface area contributed by atoms with Crippen molar-refractivity contribution in [1.82, 2.24) is 20.2 Å². The fourth-order valence-corrected chi connectivity index (χ4v) is 3.19. The zero-order chi connectivity index (χ0) is 12.3. The predicted octanol–water partition coefficient (Wildman–Crippen LogP) is 1.61. The summed E-state index contributed by atoms with van der Waals surface area (Å²) in [5, 5.41) is 3.46. The van der Waals surface area contributed by atoms with Gasteiger partial charge in [0.2, 0.25) is 0 Å². The van der Waals surface area contributed by atoms with Crippen molar-refractivity contribution in [3.63, 3.8) is 0 Å². The van der Waals surface area contributed by atoms with Crippen LogP contribution >= 0.6 is 0 Å². The van der Waals surface area contributed by atoms with Crippen LogP contribution in [0.25, 0.3) is 0 Å². The number of nitrogens with zero attached hydrogens (tertiary/aromatic N) is 3. The van der Waals surface area contributed by atoms with E-state index in [0.29, 0.717) is 6.04 Å². The van der Waals surface area contributed by atoms with Crippen LogP contribution in [0.4, 0.5) is 0 Å². The number of likely N-dealkylation sites (N-methyl/N-ethyl adjacent to an activating group) is 2. The summed E-state index contributed by atoms with van der Waals surface area (Å²) in [5.74, 6) is 0. The summed E-state index contributed by atoms with van der Waals surface area (Å²) in [6.07, 6.45) is 10.5. The first-order valence-corrected chi connectivity index (χ1v) is 6.30. The van der Waals surface area contributed by atoms with E-state index in [1.807, 2.05) is 19.4 Å². The average molecular weight is 234 g/mol. The molecule has 1 aliphatic rings. The van der Waals surface area contributed by atoms with E-state index in [1.54, 1.807) is 6.33 Å². The maximum absolute atomic E-state index is 4.15. The van der Waals surface area contributed by atoms with Crippen LogP contribution < -0.4 is 5.32 Å².